The van der Waals surface area contributed by atoms with Crippen LogP contribution in [0.3, 0.4) is 0 Å². The van der Waals surface area contributed by atoms with Gasteiger partial charge in [-0.25, -0.2) is 0 Å². The molecule has 0 saturated heterocycles. The molecule has 1 aromatic carbocycles. The highest BCUT2D eigenvalue weighted by Crippen LogP contribution is 2.26. The number of nitrogens with two attached hydrogens (primary N) is 1. The fourth-order valence-electron chi connectivity index (χ4n) is 2.98. The summed E-state index contributed by atoms with van der Waals surface area (Å²) < 4.78 is 0. The first kappa shape index (κ1) is 20.5. The molecule has 1 fully saturated rings. The molecule has 134 valence electrons. The zero-order chi connectivity index (χ0) is 16.8. The van der Waals surface area contributed by atoms with Crippen LogP contribution in [0.1, 0.15) is 37.7 Å². The Morgan fingerprint density at radius 2 is 1.79 bits per heavy atom. The van der Waals surface area contributed by atoms with Gasteiger partial charge in [-0.2, -0.15) is 0 Å². The highest BCUT2D eigenvalue weighted by Gasteiger charge is 2.24. The van der Waals surface area contributed by atoms with Crippen molar-refractivity contribution in [2.75, 3.05) is 19.4 Å². The van der Waals surface area contributed by atoms with Gasteiger partial charge in [0.05, 0.1) is 6.42 Å². The van der Waals surface area contributed by atoms with Gasteiger partial charge in [0.2, 0.25) is 11.8 Å². The van der Waals surface area contributed by atoms with Crippen molar-refractivity contribution in [2.45, 2.75) is 44.6 Å². The van der Waals surface area contributed by atoms with Gasteiger partial charge in [0.25, 0.3) is 0 Å². The fourth-order valence-corrected chi connectivity index (χ4v) is 2.98. The lowest BCUT2D eigenvalue weighted by molar-refractivity contribution is -0.128. The van der Waals surface area contributed by atoms with Crippen LogP contribution in [0.25, 0.3) is 0 Å². The molecule has 1 aliphatic rings. The van der Waals surface area contributed by atoms with Crippen LogP contribution < -0.4 is 11.1 Å². The zero-order valence-electron chi connectivity index (χ0n) is 14.5. The van der Waals surface area contributed by atoms with E-state index in [0.717, 1.165) is 24.1 Å². The van der Waals surface area contributed by atoms with E-state index >= 15 is 0 Å². The smallest absolute Gasteiger partial charge is 0.226 e. The predicted octanol–water partition coefficient (Wildman–Crippen LogP) is 2.59. The lowest BCUT2D eigenvalue weighted by atomic mass is 9.83. The summed E-state index contributed by atoms with van der Waals surface area (Å²) in [6.45, 7) is 0. The number of anilines is 1. The van der Waals surface area contributed by atoms with Crippen LogP contribution in [-0.2, 0) is 16.0 Å². The minimum Gasteiger partial charge on any atom is -0.349 e. The summed E-state index contributed by atoms with van der Waals surface area (Å²) >= 11 is 0. The molecular formula is C18H28ClN3O2. The Hall–Kier alpha value is -1.59. The van der Waals surface area contributed by atoms with Crippen molar-refractivity contribution >= 4 is 29.9 Å². The summed E-state index contributed by atoms with van der Waals surface area (Å²) in [4.78, 5) is 25.4. The molecule has 1 saturated carbocycles. The van der Waals surface area contributed by atoms with Crippen molar-refractivity contribution in [1.82, 2.24) is 4.90 Å². The molecule has 0 radical (unpaired) electrons. The molecule has 5 nitrogen and oxygen atoms in total. The van der Waals surface area contributed by atoms with Crippen LogP contribution in [0.2, 0.25) is 0 Å². The second-order valence-corrected chi connectivity index (χ2v) is 6.62. The molecule has 2 atom stereocenters. The summed E-state index contributed by atoms with van der Waals surface area (Å²) in [6.07, 6.45) is 5.26. The number of nitrogens with one attached hydrogen (secondary N) is 1. The van der Waals surface area contributed by atoms with Crippen molar-refractivity contribution in [2.24, 2.45) is 11.7 Å². The van der Waals surface area contributed by atoms with E-state index in [4.69, 9.17) is 5.73 Å². The molecule has 2 unspecified atom stereocenters. The molecule has 24 heavy (non-hydrogen) atoms. The average Bonchev–Trinajstić information content (AvgIpc) is 2.51. The highest BCUT2D eigenvalue weighted by molar-refractivity contribution is 5.91. The maximum absolute atomic E-state index is 12.2. The van der Waals surface area contributed by atoms with Crippen molar-refractivity contribution in [3.63, 3.8) is 0 Å². The predicted molar refractivity (Wildman–Crippen MR) is 99.3 cm³/mol. The molecule has 2 rings (SSSR count). The number of amides is 2. The molecule has 6 heteroatoms. The maximum Gasteiger partial charge on any atom is 0.226 e. The number of halogens is 1. The molecule has 1 aromatic rings. The van der Waals surface area contributed by atoms with Gasteiger partial charge >= 0.3 is 0 Å². The number of hydrogen-bond acceptors (Lipinski definition) is 3. The molecule has 0 heterocycles. The number of carbonyl (C=O) groups excluding carboxylic acids is 2. The molecule has 0 aromatic heterocycles. The van der Waals surface area contributed by atoms with E-state index in [1.165, 1.54) is 12.8 Å². The summed E-state index contributed by atoms with van der Waals surface area (Å²) in [7, 11) is 3.49. The molecular weight excluding hydrogens is 326 g/mol. The molecule has 0 aliphatic heterocycles. The van der Waals surface area contributed by atoms with E-state index in [0.29, 0.717) is 18.8 Å². The van der Waals surface area contributed by atoms with E-state index < -0.39 is 0 Å². The van der Waals surface area contributed by atoms with E-state index in [1.807, 2.05) is 24.3 Å². The number of rotatable bonds is 5. The number of benzene rings is 1. The lowest BCUT2D eigenvalue weighted by Gasteiger charge is -2.27. The quantitative estimate of drug-likeness (QED) is 0.854. The van der Waals surface area contributed by atoms with Crippen molar-refractivity contribution in [3.8, 4) is 0 Å². The van der Waals surface area contributed by atoms with Gasteiger partial charge in [-0.15, -0.1) is 12.4 Å². The van der Waals surface area contributed by atoms with E-state index in [9.17, 15) is 9.59 Å². The first-order chi connectivity index (χ1) is 11.0. The van der Waals surface area contributed by atoms with Gasteiger partial charge in [0.1, 0.15) is 0 Å². The molecule has 2 amide bonds. The SMILES string of the molecule is CN(C)C(=O)Cc1ccc(NC(=O)CC2CCCCC2N)cc1.Cl. The first-order valence-electron chi connectivity index (χ1n) is 8.30. The highest BCUT2D eigenvalue weighted by atomic mass is 35.5. The van der Waals surface area contributed by atoms with Crippen LogP contribution >= 0.6 is 12.4 Å². The Balaban J connectivity index is 0.00000288. The molecule has 0 bridgehead atoms. The van der Waals surface area contributed by atoms with Crippen LogP contribution in [-0.4, -0.2) is 36.9 Å². The number of carbonyl (C=O) groups is 2. The van der Waals surface area contributed by atoms with Gasteiger partial charge in [-0.3, -0.25) is 9.59 Å². The lowest BCUT2D eigenvalue weighted by Crippen LogP contribution is -2.35. The molecule has 0 spiro atoms. The van der Waals surface area contributed by atoms with Crippen LogP contribution in [0, 0.1) is 5.92 Å². The summed E-state index contributed by atoms with van der Waals surface area (Å²) in [5.41, 5.74) is 7.80. The maximum atomic E-state index is 12.2. The standard InChI is InChI=1S/C18H27N3O2.ClH/c1-21(2)18(23)11-13-7-9-15(10-8-13)20-17(22)12-14-5-3-4-6-16(14)19;/h7-10,14,16H,3-6,11-12,19H2,1-2H3,(H,20,22);1H. The fraction of sp³-hybridized carbons (Fsp3) is 0.556. The third kappa shape index (κ3) is 6.13. The summed E-state index contributed by atoms with van der Waals surface area (Å²) in [5, 5.41) is 2.92. The minimum atomic E-state index is 0. The van der Waals surface area contributed by atoms with Crippen LogP contribution in [0.5, 0.6) is 0 Å². The van der Waals surface area contributed by atoms with E-state index in [1.54, 1.807) is 19.0 Å². The van der Waals surface area contributed by atoms with Gasteiger partial charge in [0, 0.05) is 32.2 Å². The van der Waals surface area contributed by atoms with Crippen LogP contribution in [0.4, 0.5) is 5.69 Å². The Morgan fingerprint density at radius 1 is 1.17 bits per heavy atom. The summed E-state index contributed by atoms with van der Waals surface area (Å²) in [6, 6.07) is 7.59. The average molecular weight is 354 g/mol. The summed E-state index contributed by atoms with van der Waals surface area (Å²) in [5.74, 6) is 0.373. The number of likely N-dealkylation sites (N-methyl/N-ethyl adjacent to an activating group) is 1. The van der Waals surface area contributed by atoms with Crippen molar-refractivity contribution in [1.29, 1.82) is 0 Å². The zero-order valence-corrected chi connectivity index (χ0v) is 15.3. The normalized spacial score (nSPS) is 20.0. The van der Waals surface area contributed by atoms with Gasteiger partial charge < -0.3 is 16.0 Å². The topological polar surface area (TPSA) is 75.4 Å². The van der Waals surface area contributed by atoms with E-state index in [2.05, 4.69) is 5.32 Å². The Labute approximate surface area is 150 Å². The second-order valence-electron chi connectivity index (χ2n) is 6.62. The first-order valence-corrected chi connectivity index (χ1v) is 8.30. The molecule has 1 aliphatic carbocycles. The van der Waals surface area contributed by atoms with Crippen LogP contribution in [0.15, 0.2) is 24.3 Å². The minimum absolute atomic E-state index is 0. The monoisotopic (exact) mass is 353 g/mol. The van der Waals surface area contributed by atoms with Crippen molar-refractivity contribution in [3.05, 3.63) is 29.8 Å². The number of nitrogens with zero attached hydrogens (tertiary/aromatic N) is 1. The van der Waals surface area contributed by atoms with Crippen molar-refractivity contribution < 1.29 is 9.59 Å². The number of hydrogen-bond donors (Lipinski definition) is 2. The Morgan fingerprint density at radius 3 is 2.38 bits per heavy atom. The Kier molecular flexibility index (Phi) is 8.22. The third-order valence-corrected chi connectivity index (χ3v) is 4.51. The second kappa shape index (κ2) is 9.64. The van der Waals surface area contributed by atoms with Gasteiger partial charge in [-0.05, 0) is 36.5 Å². The molecule has 3 N–H and O–H groups in total. The largest absolute Gasteiger partial charge is 0.349 e. The van der Waals surface area contributed by atoms with E-state index in [-0.39, 0.29) is 30.3 Å². The van der Waals surface area contributed by atoms with Gasteiger partial charge in [-0.1, -0.05) is 25.0 Å². The third-order valence-electron chi connectivity index (χ3n) is 4.51. The van der Waals surface area contributed by atoms with Gasteiger partial charge in [0.15, 0.2) is 0 Å². The Bertz CT molecular complexity index is 546.